The molecule has 0 bridgehead atoms. The summed E-state index contributed by atoms with van der Waals surface area (Å²) < 4.78 is 6.15. The summed E-state index contributed by atoms with van der Waals surface area (Å²) in [6.07, 6.45) is 5.53. The lowest BCUT2D eigenvalue weighted by atomic mass is 9.95. The topological polar surface area (TPSA) is 13.1 Å². The van der Waals surface area contributed by atoms with Gasteiger partial charge in [-0.3, -0.25) is 0 Å². The molecule has 0 saturated carbocycles. The SMILES string of the molecule is CCc1ccc(C2=c3oc4ccccc4c3=CCC2)cc1. The first-order chi connectivity index (χ1) is 10.4. The summed E-state index contributed by atoms with van der Waals surface area (Å²) in [5.41, 5.74) is 6.06. The van der Waals surface area contributed by atoms with Gasteiger partial charge in [-0.25, -0.2) is 0 Å². The van der Waals surface area contributed by atoms with Gasteiger partial charge in [0.25, 0.3) is 0 Å². The Bertz CT molecular complexity index is 911. The van der Waals surface area contributed by atoms with Gasteiger partial charge in [0, 0.05) is 16.2 Å². The standard InChI is InChI=1S/C20H18O/c1-2-14-10-12-15(13-11-14)16-7-5-8-18-17-6-3-4-9-19(17)21-20(16)18/h3-4,6,8-13H,2,5,7H2,1H3. The van der Waals surface area contributed by atoms with Gasteiger partial charge in [0.1, 0.15) is 11.0 Å². The summed E-state index contributed by atoms with van der Waals surface area (Å²) in [5.74, 6) is 0. The molecule has 1 aliphatic rings. The number of furan rings is 1. The van der Waals surface area contributed by atoms with Gasteiger partial charge in [-0.2, -0.15) is 0 Å². The second kappa shape index (κ2) is 4.92. The first-order valence-electron chi connectivity index (χ1n) is 7.67. The quantitative estimate of drug-likeness (QED) is 0.693. The highest BCUT2D eigenvalue weighted by molar-refractivity contribution is 5.81. The van der Waals surface area contributed by atoms with Gasteiger partial charge in [-0.05, 0) is 36.5 Å². The molecule has 1 aromatic heterocycles. The molecule has 1 heterocycles. The summed E-state index contributed by atoms with van der Waals surface area (Å²) in [6.45, 7) is 2.19. The zero-order valence-corrected chi connectivity index (χ0v) is 12.2. The fraction of sp³-hybridized carbons (Fsp3) is 0.200. The molecule has 0 spiro atoms. The maximum atomic E-state index is 6.15. The van der Waals surface area contributed by atoms with E-state index >= 15 is 0 Å². The average Bonchev–Trinajstić information content (AvgIpc) is 2.94. The van der Waals surface area contributed by atoms with E-state index in [4.69, 9.17) is 4.42 Å². The molecule has 0 amide bonds. The molecular weight excluding hydrogens is 256 g/mol. The number of para-hydroxylation sites is 1. The van der Waals surface area contributed by atoms with Crippen molar-refractivity contribution < 1.29 is 4.42 Å². The molecule has 2 aromatic carbocycles. The van der Waals surface area contributed by atoms with E-state index in [9.17, 15) is 0 Å². The van der Waals surface area contributed by atoms with Crippen molar-refractivity contribution >= 4 is 22.6 Å². The molecule has 21 heavy (non-hydrogen) atoms. The maximum Gasteiger partial charge on any atom is 0.138 e. The van der Waals surface area contributed by atoms with Gasteiger partial charge >= 0.3 is 0 Å². The van der Waals surface area contributed by atoms with Gasteiger partial charge in [0.15, 0.2) is 0 Å². The van der Waals surface area contributed by atoms with Crippen LogP contribution < -0.4 is 10.6 Å². The van der Waals surface area contributed by atoms with Gasteiger partial charge in [-0.1, -0.05) is 55.5 Å². The molecule has 0 atom stereocenters. The van der Waals surface area contributed by atoms with Crippen molar-refractivity contribution in [2.45, 2.75) is 26.2 Å². The largest absolute Gasteiger partial charge is 0.456 e. The predicted octanol–water partition coefficient (Wildman–Crippen LogP) is 3.77. The number of fused-ring (bicyclic) bond motifs is 3. The summed E-state index contributed by atoms with van der Waals surface area (Å²) >= 11 is 0. The van der Waals surface area contributed by atoms with Crippen molar-refractivity contribution in [3.63, 3.8) is 0 Å². The molecule has 3 aromatic rings. The van der Waals surface area contributed by atoms with Crippen LogP contribution in [0.25, 0.3) is 22.6 Å². The Morgan fingerprint density at radius 1 is 1.00 bits per heavy atom. The summed E-state index contributed by atoms with van der Waals surface area (Å²) in [6, 6.07) is 17.2. The van der Waals surface area contributed by atoms with Crippen molar-refractivity contribution in [2.75, 3.05) is 0 Å². The van der Waals surface area contributed by atoms with Crippen LogP contribution in [0.4, 0.5) is 0 Å². The van der Waals surface area contributed by atoms with Crippen molar-refractivity contribution in [1.29, 1.82) is 0 Å². The Kier molecular flexibility index (Phi) is 2.92. The molecule has 0 unspecified atom stereocenters. The minimum atomic E-state index is 0.989. The Balaban J connectivity index is 2.01. The van der Waals surface area contributed by atoms with Crippen LogP contribution in [0.5, 0.6) is 0 Å². The minimum absolute atomic E-state index is 0.989. The normalized spacial score (nSPS) is 14.0. The van der Waals surface area contributed by atoms with Crippen LogP contribution >= 0.6 is 0 Å². The Morgan fingerprint density at radius 3 is 2.62 bits per heavy atom. The zero-order chi connectivity index (χ0) is 14.2. The van der Waals surface area contributed by atoms with E-state index in [-0.39, 0.29) is 0 Å². The first kappa shape index (κ1) is 12.5. The van der Waals surface area contributed by atoms with Gasteiger partial charge < -0.3 is 4.42 Å². The molecule has 0 N–H and O–H groups in total. The summed E-state index contributed by atoms with van der Waals surface area (Å²) in [5, 5.41) is 2.50. The van der Waals surface area contributed by atoms with E-state index in [0.29, 0.717) is 0 Å². The van der Waals surface area contributed by atoms with Crippen molar-refractivity contribution in [1.82, 2.24) is 0 Å². The van der Waals surface area contributed by atoms with Crippen molar-refractivity contribution in [3.05, 3.63) is 70.3 Å². The van der Waals surface area contributed by atoms with E-state index in [0.717, 1.165) is 30.3 Å². The highest BCUT2D eigenvalue weighted by atomic mass is 16.3. The van der Waals surface area contributed by atoms with E-state index in [2.05, 4.69) is 55.5 Å². The van der Waals surface area contributed by atoms with Crippen molar-refractivity contribution in [3.8, 4) is 0 Å². The predicted molar refractivity (Wildman–Crippen MR) is 87.5 cm³/mol. The van der Waals surface area contributed by atoms with Gasteiger partial charge in [-0.15, -0.1) is 0 Å². The summed E-state index contributed by atoms with van der Waals surface area (Å²) in [7, 11) is 0. The van der Waals surface area contributed by atoms with Gasteiger partial charge in [0.2, 0.25) is 0 Å². The molecule has 104 valence electrons. The zero-order valence-electron chi connectivity index (χ0n) is 12.2. The highest BCUT2D eigenvalue weighted by Gasteiger charge is 2.13. The first-order valence-corrected chi connectivity index (χ1v) is 7.67. The number of benzene rings is 2. The molecule has 0 aliphatic heterocycles. The fourth-order valence-corrected chi connectivity index (χ4v) is 3.18. The molecule has 1 heteroatoms. The third kappa shape index (κ3) is 2.01. The lowest BCUT2D eigenvalue weighted by Crippen LogP contribution is -2.26. The third-order valence-corrected chi connectivity index (χ3v) is 4.36. The van der Waals surface area contributed by atoms with Crippen molar-refractivity contribution in [2.24, 2.45) is 0 Å². The molecule has 1 aliphatic carbocycles. The number of rotatable bonds is 2. The van der Waals surface area contributed by atoms with Crippen LogP contribution in [0.2, 0.25) is 0 Å². The Morgan fingerprint density at radius 2 is 1.81 bits per heavy atom. The molecule has 0 radical (unpaired) electrons. The molecular formula is C20H18O. The second-order valence-corrected chi connectivity index (χ2v) is 5.61. The Hall–Kier alpha value is -2.28. The van der Waals surface area contributed by atoms with Crippen LogP contribution in [0.1, 0.15) is 30.9 Å². The van der Waals surface area contributed by atoms with Crippen LogP contribution in [0.15, 0.2) is 52.9 Å². The Labute approximate surface area is 124 Å². The molecule has 1 nitrogen and oxygen atoms in total. The van der Waals surface area contributed by atoms with Crippen LogP contribution in [0.3, 0.4) is 0 Å². The number of hydrogen-bond acceptors (Lipinski definition) is 1. The van der Waals surface area contributed by atoms with E-state index in [1.807, 2.05) is 6.07 Å². The molecule has 0 saturated heterocycles. The van der Waals surface area contributed by atoms with E-state index in [1.54, 1.807) is 0 Å². The smallest absolute Gasteiger partial charge is 0.138 e. The van der Waals surface area contributed by atoms with Gasteiger partial charge in [0.05, 0.1) is 0 Å². The molecule has 4 rings (SSSR count). The number of aryl methyl sites for hydroxylation is 1. The van der Waals surface area contributed by atoms with E-state index in [1.165, 1.54) is 27.3 Å². The highest BCUT2D eigenvalue weighted by Crippen LogP contribution is 2.21. The van der Waals surface area contributed by atoms with E-state index < -0.39 is 0 Å². The van der Waals surface area contributed by atoms with Crippen LogP contribution in [-0.2, 0) is 6.42 Å². The average molecular weight is 274 g/mol. The van der Waals surface area contributed by atoms with Crippen LogP contribution in [0, 0.1) is 0 Å². The monoisotopic (exact) mass is 274 g/mol. The minimum Gasteiger partial charge on any atom is -0.456 e. The second-order valence-electron chi connectivity index (χ2n) is 5.61. The number of hydrogen-bond donors (Lipinski definition) is 0. The lowest BCUT2D eigenvalue weighted by molar-refractivity contribution is 0.568. The summed E-state index contributed by atoms with van der Waals surface area (Å²) in [4.78, 5) is 0. The lowest BCUT2D eigenvalue weighted by Gasteiger charge is -2.09. The third-order valence-electron chi connectivity index (χ3n) is 4.36. The fourth-order valence-electron chi connectivity index (χ4n) is 3.18. The van der Waals surface area contributed by atoms with Crippen LogP contribution in [-0.4, -0.2) is 0 Å². The molecule has 0 fully saturated rings. The maximum absolute atomic E-state index is 6.15.